The van der Waals surface area contributed by atoms with Gasteiger partial charge in [-0.2, -0.15) is 0 Å². The Hall–Kier alpha value is -2.57. The first-order valence-electron chi connectivity index (χ1n) is 5.83. The summed E-state index contributed by atoms with van der Waals surface area (Å²) in [5.74, 6) is -3.16. The number of amidine groups is 1. The molecule has 1 amide bonds. The van der Waals surface area contributed by atoms with Crippen LogP contribution in [0.4, 0.5) is 4.39 Å². The first-order chi connectivity index (χ1) is 9.45. The van der Waals surface area contributed by atoms with E-state index in [4.69, 9.17) is 10.6 Å². The average molecular weight is 277 g/mol. The predicted molar refractivity (Wildman–Crippen MR) is 68.3 cm³/mol. The number of nitrogens with zero attached hydrogens (tertiary/aromatic N) is 2. The van der Waals surface area contributed by atoms with Crippen LogP contribution >= 0.6 is 0 Å². The summed E-state index contributed by atoms with van der Waals surface area (Å²) >= 11 is 0. The molecule has 1 aromatic carbocycles. The van der Waals surface area contributed by atoms with Gasteiger partial charge in [0.05, 0.1) is 0 Å². The van der Waals surface area contributed by atoms with Crippen LogP contribution in [0.5, 0.6) is 0 Å². The second-order valence-electron chi connectivity index (χ2n) is 4.44. The molecule has 104 valence electrons. The van der Waals surface area contributed by atoms with E-state index in [0.29, 0.717) is 5.56 Å². The van der Waals surface area contributed by atoms with Crippen molar-refractivity contribution >= 4 is 23.2 Å². The summed E-state index contributed by atoms with van der Waals surface area (Å²) in [5.41, 5.74) is 0.163. The Bertz CT molecular complexity index is 610. The van der Waals surface area contributed by atoms with Crippen LogP contribution in [-0.4, -0.2) is 40.4 Å². The van der Waals surface area contributed by atoms with Gasteiger partial charge in [-0.1, -0.05) is 17.3 Å². The van der Waals surface area contributed by atoms with E-state index >= 15 is 0 Å². The minimum Gasteiger partial charge on any atom is -0.410 e. The third kappa shape index (κ3) is 2.29. The number of ketones is 1. The van der Waals surface area contributed by atoms with Gasteiger partial charge in [-0.15, -0.1) is 0 Å². The number of piperidine rings is 1. The van der Waals surface area contributed by atoms with Crippen molar-refractivity contribution in [3.05, 3.63) is 35.6 Å². The number of hydrogen-bond acceptors (Lipinski definition) is 5. The highest BCUT2D eigenvalue weighted by molar-refractivity contribution is 6.70. The van der Waals surface area contributed by atoms with E-state index in [1.54, 1.807) is 0 Å². The zero-order chi connectivity index (χ0) is 14.9. The lowest BCUT2D eigenvalue weighted by Crippen LogP contribution is -2.54. The van der Waals surface area contributed by atoms with Crippen molar-refractivity contribution in [2.75, 3.05) is 7.05 Å². The number of nitrogens with one attached hydrogen (secondary N) is 1. The highest BCUT2D eigenvalue weighted by Crippen LogP contribution is 2.19. The van der Waals surface area contributed by atoms with Crippen LogP contribution < -0.4 is 0 Å². The molecule has 7 heteroatoms. The van der Waals surface area contributed by atoms with Gasteiger partial charge in [0, 0.05) is 7.05 Å². The van der Waals surface area contributed by atoms with Crippen LogP contribution in [0.25, 0.3) is 0 Å². The van der Waals surface area contributed by atoms with E-state index in [0.717, 1.165) is 4.90 Å². The maximum absolute atomic E-state index is 12.8. The van der Waals surface area contributed by atoms with Crippen LogP contribution in [0.2, 0.25) is 0 Å². The summed E-state index contributed by atoms with van der Waals surface area (Å²) in [4.78, 5) is 25.0. The minimum atomic E-state index is -1.06. The van der Waals surface area contributed by atoms with Gasteiger partial charge in [0.25, 0.3) is 0 Å². The van der Waals surface area contributed by atoms with Crippen molar-refractivity contribution in [1.82, 2.24) is 4.90 Å². The van der Waals surface area contributed by atoms with Crippen LogP contribution in [0.15, 0.2) is 29.4 Å². The number of oxime groups is 1. The number of amides is 1. The molecule has 0 saturated carbocycles. The lowest BCUT2D eigenvalue weighted by molar-refractivity contribution is -0.136. The molecule has 0 bridgehead atoms. The number of likely N-dealkylation sites (tertiary alicyclic amines) is 1. The normalized spacial score (nSPS) is 21.7. The highest BCUT2D eigenvalue weighted by atomic mass is 19.1. The van der Waals surface area contributed by atoms with Gasteiger partial charge in [0.2, 0.25) is 11.7 Å². The third-order valence-electron chi connectivity index (χ3n) is 3.19. The molecule has 2 rings (SSSR count). The second-order valence-corrected chi connectivity index (χ2v) is 4.44. The Morgan fingerprint density at radius 3 is 2.50 bits per heavy atom. The quantitative estimate of drug-likeness (QED) is 0.476. The fourth-order valence-corrected chi connectivity index (χ4v) is 2.03. The van der Waals surface area contributed by atoms with Gasteiger partial charge in [0.15, 0.2) is 11.5 Å². The van der Waals surface area contributed by atoms with Gasteiger partial charge in [0.1, 0.15) is 11.7 Å². The number of hydrogen-bond donors (Lipinski definition) is 2. The second kappa shape index (κ2) is 5.20. The van der Waals surface area contributed by atoms with Crippen molar-refractivity contribution in [2.45, 2.75) is 6.42 Å². The summed E-state index contributed by atoms with van der Waals surface area (Å²) in [5, 5.41) is 19.1. The minimum absolute atomic E-state index is 0.0641. The van der Waals surface area contributed by atoms with Crippen molar-refractivity contribution in [3.63, 3.8) is 0 Å². The van der Waals surface area contributed by atoms with Crippen LogP contribution in [0, 0.1) is 17.1 Å². The lowest BCUT2D eigenvalue weighted by atomic mass is 9.88. The summed E-state index contributed by atoms with van der Waals surface area (Å²) in [6, 6.07) is 5.43. The fourth-order valence-electron chi connectivity index (χ4n) is 2.03. The number of halogens is 1. The highest BCUT2D eigenvalue weighted by Gasteiger charge is 2.42. The Balaban J connectivity index is 2.30. The van der Waals surface area contributed by atoms with E-state index in [2.05, 4.69) is 5.16 Å². The average Bonchev–Trinajstić information content (AvgIpc) is 2.44. The van der Waals surface area contributed by atoms with Crippen molar-refractivity contribution in [1.29, 1.82) is 5.41 Å². The molecule has 1 unspecified atom stereocenters. The molecule has 1 heterocycles. The molecule has 1 aliphatic heterocycles. The molecule has 0 radical (unpaired) electrons. The molecule has 2 N–H and O–H groups in total. The molecule has 0 aliphatic carbocycles. The summed E-state index contributed by atoms with van der Waals surface area (Å²) in [7, 11) is 1.33. The van der Waals surface area contributed by atoms with Crippen LogP contribution in [-0.2, 0) is 16.0 Å². The maximum Gasteiger partial charge on any atom is 0.239 e. The number of benzene rings is 1. The Kier molecular flexibility index (Phi) is 3.60. The monoisotopic (exact) mass is 277 g/mol. The van der Waals surface area contributed by atoms with E-state index in [-0.39, 0.29) is 6.42 Å². The Morgan fingerprint density at radius 1 is 1.35 bits per heavy atom. The SMILES string of the molecule is CN1C(=N)C(=NO)C(=O)C(Cc2ccc(F)cc2)C1=O. The molecule has 1 atom stereocenters. The van der Waals surface area contributed by atoms with Gasteiger partial charge >= 0.3 is 0 Å². The largest absolute Gasteiger partial charge is 0.410 e. The van der Waals surface area contributed by atoms with Crippen molar-refractivity contribution < 1.29 is 19.2 Å². The molecule has 0 spiro atoms. The van der Waals surface area contributed by atoms with Crippen molar-refractivity contribution in [2.24, 2.45) is 11.1 Å². The number of rotatable bonds is 2. The predicted octanol–water partition coefficient (Wildman–Crippen LogP) is 0.833. The third-order valence-corrected chi connectivity index (χ3v) is 3.19. The van der Waals surface area contributed by atoms with E-state index in [1.807, 2.05) is 0 Å². The maximum atomic E-state index is 12.8. The topological polar surface area (TPSA) is 93.8 Å². The van der Waals surface area contributed by atoms with Crippen LogP contribution in [0.3, 0.4) is 0 Å². The number of carbonyl (C=O) groups is 2. The molecule has 0 aromatic heterocycles. The fraction of sp³-hybridized carbons (Fsp3) is 0.231. The van der Waals surface area contributed by atoms with Gasteiger partial charge in [-0.05, 0) is 24.1 Å². The summed E-state index contributed by atoms with van der Waals surface area (Å²) < 4.78 is 12.8. The summed E-state index contributed by atoms with van der Waals surface area (Å²) in [6.45, 7) is 0. The molecular weight excluding hydrogens is 265 g/mol. The first-order valence-corrected chi connectivity index (χ1v) is 5.83. The molecule has 1 fully saturated rings. The Morgan fingerprint density at radius 2 is 1.95 bits per heavy atom. The van der Waals surface area contributed by atoms with E-state index < -0.39 is 35.0 Å². The number of carbonyl (C=O) groups excluding carboxylic acids is 2. The van der Waals surface area contributed by atoms with Crippen LogP contribution in [0.1, 0.15) is 5.56 Å². The zero-order valence-corrected chi connectivity index (χ0v) is 10.6. The lowest BCUT2D eigenvalue weighted by Gasteiger charge is -2.28. The molecule has 1 saturated heterocycles. The van der Waals surface area contributed by atoms with Crippen molar-refractivity contribution in [3.8, 4) is 0 Å². The zero-order valence-electron chi connectivity index (χ0n) is 10.6. The first kappa shape index (κ1) is 13.9. The smallest absolute Gasteiger partial charge is 0.239 e. The van der Waals surface area contributed by atoms with E-state index in [9.17, 15) is 14.0 Å². The summed E-state index contributed by atoms with van der Waals surface area (Å²) in [6.07, 6.45) is 0.0641. The molecule has 1 aromatic rings. The number of Topliss-reactive ketones (excluding diaryl/α,β-unsaturated/α-hetero) is 1. The van der Waals surface area contributed by atoms with Gasteiger partial charge < -0.3 is 5.21 Å². The van der Waals surface area contributed by atoms with E-state index in [1.165, 1.54) is 31.3 Å². The van der Waals surface area contributed by atoms with Gasteiger partial charge in [-0.25, -0.2) is 4.39 Å². The molecule has 1 aliphatic rings. The standard InChI is InChI=1S/C13H12FN3O3/c1-17-12(15)10(16-20)11(18)9(13(17)19)6-7-2-4-8(14)5-3-7/h2-5,9,15,20H,6H2,1H3. The molecular formula is C13H12FN3O3. The van der Waals surface area contributed by atoms with Gasteiger partial charge in [-0.3, -0.25) is 19.9 Å². The molecule has 6 nitrogen and oxygen atoms in total. The Labute approximate surface area is 114 Å². The molecule has 20 heavy (non-hydrogen) atoms.